The second-order valence-corrected chi connectivity index (χ2v) is 8.46. The number of nitrogens with two attached hydrogens (primary N) is 2. The van der Waals surface area contributed by atoms with Crippen LogP contribution in [0.4, 0.5) is 10.2 Å². The van der Waals surface area contributed by atoms with E-state index in [1.165, 1.54) is 29.2 Å². The number of hydrogen-bond donors (Lipinski definition) is 5. The molecule has 0 radical (unpaired) electrons. The smallest absolute Gasteiger partial charge is 0.274 e. The maximum Gasteiger partial charge on any atom is 0.274 e. The van der Waals surface area contributed by atoms with Crippen LogP contribution in [-0.4, -0.2) is 58.0 Å². The van der Waals surface area contributed by atoms with Crippen molar-refractivity contribution in [3.63, 3.8) is 0 Å². The highest BCUT2D eigenvalue weighted by molar-refractivity contribution is 7.87. The molecule has 0 bridgehead atoms. The van der Waals surface area contributed by atoms with Gasteiger partial charge in [-0.05, 0) is 12.1 Å². The molecule has 1 aromatic carbocycles. The van der Waals surface area contributed by atoms with Crippen LogP contribution >= 0.6 is 0 Å². The Bertz CT molecular complexity index is 1330. The third kappa shape index (κ3) is 4.28. The zero-order valence-corrected chi connectivity index (χ0v) is 17.2. The van der Waals surface area contributed by atoms with Gasteiger partial charge < -0.3 is 25.3 Å². The molecule has 0 unspecified atom stereocenters. The standard InChI is InChI=1S/C19H19FN6O5S/c20-12-4-2-1-3-10(12)5-6-11-8-26(18-14(11)17(21)23-9-24-18)19-16(28)15(27)13(31-19)7-25-32(22,29)30/h1-4,8-9,13,15-16,19,25,27-28H,7H2,(H2,21,23,24)(H2,22,29,30)/t13-,15-,16-,19-/m1/s1. The summed E-state index contributed by atoms with van der Waals surface area (Å²) in [5, 5.41) is 26.1. The molecular formula is C19H19FN6O5S. The minimum absolute atomic E-state index is 0.104. The molecule has 11 nitrogen and oxygen atoms in total. The number of nitrogens with one attached hydrogen (secondary N) is 1. The van der Waals surface area contributed by atoms with Gasteiger partial charge in [0, 0.05) is 12.7 Å². The fourth-order valence-electron chi connectivity index (χ4n) is 3.42. The van der Waals surface area contributed by atoms with Gasteiger partial charge >= 0.3 is 0 Å². The maximum atomic E-state index is 13.9. The summed E-state index contributed by atoms with van der Waals surface area (Å²) >= 11 is 0. The van der Waals surface area contributed by atoms with Crippen molar-refractivity contribution in [2.45, 2.75) is 24.5 Å². The van der Waals surface area contributed by atoms with Gasteiger partial charge in [0.05, 0.1) is 16.5 Å². The third-order valence-electron chi connectivity index (χ3n) is 4.94. The van der Waals surface area contributed by atoms with E-state index in [-0.39, 0.29) is 23.6 Å². The van der Waals surface area contributed by atoms with Crippen LogP contribution in [0.5, 0.6) is 0 Å². The normalized spacial score (nSPS) is 23.2. The number of anilines is 1. The van der Waals surface area contributed by atoms with Crippen molar-refractivity contribution in [2.24, 2.45) is 5.14 Å². The van der Waals surface area contributed by atoms with Gasteiger partial charge in [-0.25, -0.2) is 19.5 Å². The Kier molecular flexibility index (Phi) is 5.82. The first-order chi connectivity index (χ1) is 15.2. The molecule has 1 saturated heterocycles. The number of nitrogens with zero attached hydrogens (tertiary/aromatic N) is 3. The van der Waals surface area contributed by atoms with Gasteiger partial charge in [0.1, 0.15) is 41.9 Å². The molecule has 0 aliphatic carbocycles. The number of aliphatic hydroxyl groups excluding tert-OH is 2. The number of ether oxygens (including phenoxy) is 1. The van der Waals surface area contributed by atoms with E-state index >= 15 is 0 Å². The second kappa shape index (κ2) is 8.43. The predicted molar refractivity (Wildman–Crippen MR) is 111 cm³/mol. The van der Waals surface area contributed by atoms with Crippen LogP contribution in [-0.2, 0) is 14.9 Å². The lowest BCUT2D eigenvalue weighted by Crippen LogP contribution is -2.42. The molecule has 168 valence electrons. The van der Waals surface area contributed by atoms with Crippen molar-refractivity contribution in [3.8, 4) is 11.8 Å². The molecule has 3 heterocycles. The largest absolute Gasteiger partial charge is 0.387 e. The summed E-state index contributed by atoms with van der Waals surface area (Å²) in [6.45, 7) is -0.357. The molecule has 2 aromatic heterocycles. The Balaban J connectivity index is 1.73. The van der Waals surface area contributed by atoms with Gasteiger partial charge in [0.25, 0.3) is 10.2 Å². The maximum absolute atomic E-state index is 13.9. The molecule has 13 heteroatoms. The number of nitrogen functional groups attached to an aromatic ring is 1. The molecule has 7 N–H and O–H groups in total. The fourth-order valence-corrected chi connectivity index (χ4v) is 3.82. The lowest BCUT2D eigenvalue weighted by atomic mass is 10.1. The lowest BCUT2D eigenvalue weighted by molar-refractivity contribution is -0.0327. The van der Waals surface area contributed by atoms with Gasteiger partial charge in [0.15, 0.2) is 6.23 Å². The van der Waals surface area contributed by atoms with Crippen LogP contribution < -0.4 is 15.6 Å². The van der Waals surface area contributed by atoms with Crippen LogP contribution in [0.2, 0.25) is 0 Å². The number of rotatable bonds is 4. The number of aliphatic hydroxyl groups is 2. The number of hydrogen-bond acceptors (Lipinski definition) is 8. The minimum Gasteiger partial charge on any atom is -0.387 e. The van der Waals surface area contributed by atoms with Crippen LogP contribution in [0, 0.1) is 17.7 Å². The van der Waals surface area contributed by atoms with Gasteiger partial charge in [0.2, 0.25) is 0 Å². The van der Waals surface area contributed by atoms with E-state index in [0.717, 1.165) is 0 Å². The lowest BCUT2D eigenvalue weighted by Gasteiger charge is -2.17. The molecule has 0 spiro atoms. The van der Waals surface area contributed by atoms with E-state index in [9.17, 15) is 23.0 Å². The van der Waals surface area contributed by atoms with E-state index in [1.807, 2.05) is 4.72 Å². The fraction of sp³-hybridized carbons (Fsp3) is 0.263. The molecule has 1 fully saturated rings. The number of benzene rings is 1. The summed E-state index contributed by atoms with van der Waals surface area (Å²) in [5.41, 5.74) is 6.78. The third-order valence-corrected chi connectivity index (χ3v) is 5.51. The molecule has 4 rings (SSSR count). The molecular weight excluding hydrogens is 443 g/mol. The zero-order chi connectivity index (χ0) is 23.0. The topological polar surface area (TPSA) is 179 Å². The van der Waals surface area contributed by atoms with Crippen molar-refractivity contribution < 1.29 is 27.8 Å². The Labute approximate surface area is 182 Å². The molecule has 0 amide bonds. The van der Waals surface area contributed by atoms with Crippen LogP contribution in [0.15, 0.2) is 36.8 Å². The summed E-state index contributed by atoms with van der Waals surface area (Å²) in [6.07, 6.45) is -2.38. The second-order valence-electron chi connectivity index (χ2n) is 7.08. The van der Waals surface area contributed by atoms with Gasteiger partial charge in [-0.15, -0.1) is 0 Å². The molecule has 1 aliphatic heterocycles. The Morgan fingerprint density at radius 2 is 1.91 bits per heavy atom. The Morgan fingerprint density at radius 3 is 2.62 bits per heavy atom. The van der Waals surface area contributed by atoms with Gasteiger partial charge in [-0.2, -0.15) is 13.1 Å². The van der Waals surface area contributed by atoms with Crippen LogP contribution in [0.25, 0.3) is 11.0 Å². The molecule has 1 aliphatic rings. The van der Waals surface area contributed by atoms with Crippen molar-refractivity contribution in [1.82, 2.24) is 19.3 Å². The van der Waals surface area contributed by atoms with Gasteiger partial charge in [-0.3, -0.25) is 0 Å². The molecule has 0 saturated carbocycles. The average Bonchev–Trinajstić information content (AvgIpc) is 3.24. The minimum atomic E-state index is -4.02. The highest BCUT2D eigenvalue weighted by Crippen LogP contribution is 2.34. The molecule has 32 heavy (non-hydrogen) atoms. The van der Waals surface area contributed by atoms with Crippen molar-refractivity contribution in [1.29, 1.82) is 0 Å². The summed E-state index contributed by atoms with van der Waals surface area (Å²) < 4.78 is 45.3. The summed E-state index contributed by atoms with van der Waals surface area (Å²) in [7, 11) is -4.02. The molecule has 4 atom stereocenters. The number of halogens is 1. The summed E-state index contributed by atoms with van der Waals surface area (Å²) in [4.78, 5) is 8.13. The predicted octanol–water partition coefficient (Wildman–Crippen LogP) is -1.04. The number of aromatic nitrogens is 3. The SMILES string of the molecule is Nc1ncnc2c1c(C#Cc1ccccc1F)cn2[C@@H]1O[C@H](CNS(N)(=O)=O)[C@@H](O)[C@H]1O. The van der Waals surface area contributed by atoms with Crippen molar-refractivity contribution >= 4 is 27.1 Å². The Hall–Kier alpha value is -3.12. The molecule has 3 aromatic rings. The van der Waals surface area contributed by atoms with E-state index < -0.39 is 40.6 Å². The average molecular weight is 462 g/mol. The first-order valence-corrected chi connectivity index (χ1v) is 10.9. The number of fused-ring (bicyclic) bond motifs is 1. The van der Waals surface area contributed by atoms with Crippen molar-refractivity contribution in [3.05, 3.63) is 53.7 Å². The van der Waals surface area contributed by atoms with E-state index in [0.29, 0.717) is 10.9 Å². The van der Waals surface area contributed by atoms with Gasteiger partial charge in [-0.1, -0.05) is 24.0 Å². The summed E-state index contributed by atoms with van der Waals surface area (Å²) in [6, 6.07) is 5.99. The monoisotopic (exact) mass is 462 g/mol. The van der Waals surface area contributed by atoms with Crippen LogP contribution in [0.1, 0.15) is 17.4 Å². The van der Waals surface area contributed by atoms with Crippen molar-refractivity contribution in [2.75, 3.05) is 12.3 Å². The highest BCUT2D eigenvalue weighted by atomic mass is 32.2. The van der Waals surface area contributed by atoms with E-state index in [4.69, 9.17) is 15.6 Å². The zero-order valence-electron chi connectivity index (χ0n) is 16.4. The first-order valence-electron chi connectivity index (χ1n) is 9.32. The van der Waals surface area contributed by atoms with Crippen LogP contribution in [0.3, 0.4) is 0 Å². The van der Waals surface area contributed by atoms with E-state index in [1.54, 1.807) is 12.1 Å². The summed E-state index contributed by atoms with van der Waals surface area (Å²) in [5.74, 6) is 5.17. The van der Waals surface area contributed by atoms with E-state index in [2.05, 4.69) is 21.8 Å². The Morgan fingerprint density at radius 1 is 1.19 bits per heavy atom. The first kappa shape index (κ1) is 22.1. The highest BCUT2D eigenvalue weighted by Gasteiger charge is 2.44. The quantitative estimate of drug-likeness (QED) is 0.305.